The molecule has 0 aromatic heterocycles. The Kier molecular flexibility index (Phi) is 4.45. The van der Waals surface area contributed by atoms with Gasteiger partial charge in [-0.25, -0.2) is 4.90 Å². The van der Waals surface area contributed by atoms with E-state index in [-0.39, 0.29) is 16.8 Å². The molecular formula is C22H15ClN2O3. The summed E-state index contributed by atoms with van der Waals surface area (Å²) >= 11 is 6.10. The summed E-state index contributed by atoms with van der Waals surface area (Å²) in [5.41, 5.74) is 2.44. The van der Waals surface area contributed by atoms with Crippen molar-refractivity contribution in [2.45, 2.75) is 6.92 Å². The van der Waals surface area contributed by atoms with Gasteiger partial charge < -0.3 is 5.32 Å². The van der Waals surface area contributed by atoms with E-state index in [0.717, 1.165) is 10.5 Å². The first-order valence-electron chi connectivity index (χ1n) is 8.61. The molecule has 0 radical (unpaired) electrons. The summed E-state index contributed by atoms with van der Waals surface area (Å²) in [6, 6.07) is 18.5. The zero-order valence-electron chi connectivity index (χ0n) is 14.9. The molecule has 0 bridgehead atoms. The number of anilines is 2. The normalized spacial score (nSPS) is 12.9. The van der Waals surface area contributed by atoms with Crippen LogP contribution in [0.5, 0.6) is 0 Å². The molecule has 0 spiro atoms. The minimum absolute atomic E-state index is 0.183. The molecule has 0 fully saturated rings. The Morgan fingerprint density at radius 1 is 0.929 bits per heavy atom. The maximum atomic E-state index is 13.0. The van der Waals surface area contributed by atoms with Gasteiger partial charge in [-0.3, -0.25) is 14.4 Å². The number of hydrogen-bond donors (Lipinski definition) is 1. The second-order valence-electron chi connectivity index (χ2n) is 6.43. The van der Waals surface area contributed by atoms with E-state index in [9.17, 15) is 14.4 Å². The van der Waals surface area contributed by atoms with E-state index >= 15 is 0 Å². The number of hydrogen-bond acceptors (Lipinski definition) is 3. The van der Waals surface area contributed by atoms with Gasteiger partial charge in [0.1, 0.15) is 0 Å². The van der Waals surface area contributed by atoms with Crippen molar-refractivity contribution in [3.63, 3.8) is 0 Å². The SMILES string of the molecule is Cc1ccc(C(=O)Nc2cccc3c2C(=O)N(c2ccccc2)C3=O)cc1Cl. The lowest BCUT2D eigenvalue weighted by Gasteiger charge is -2.13. The number of halogens is 1. The van der Waals surface area contributed by atoms with Gasteiger partial charge in [0.2, 0.25) is 0 Å². The lowest BCUT2D eigenvalue weighted by Crippen LogP contribution is -2.29. The van der Waals surface area contributed by atoms with Crippen LogP contribution in [0.4, 0.5) is 11.4 Å². The van der Waals surface area contributed by atoms with Crippen molar-refractivity contribution >= 4 is 40.7 Å². The van der Waals surface area contributed by atoms with E-state index in [4.69, 9.17) is 11.6 Å². The zero-order chi connectivity index (χ0) is 19.8. The summed E-state index contributed by atoms with van der Waals surface area (Å²) in [5, 5.41) is 3.21. The average Bonchev–Trinajstić information content (AvgIpc) is 2.96. The van der Waals surface area contributed by atoms with Crippen molar-refractivity contribution in [1.82, 2.24) is 0 Å². The van der Waals surface area contributed by atoms with Crippen LogP contribution in [0.15, 0.2) is 66.7 Å². The summed E-state index contributed by atoms with van der Waals surface area (Å²) < 4.78 is 0. The summed E-state index contributed by atoms with van der Waals surface area (Å²) in [4.78, 5) is 39.5. The number of amides is 3. The minimum atomic E-state index is -0.468. The van der Waals surface area contributed by atoms with E-state index in [1.165, 1.54) is 0 Å². The summed E-state index contributed by atoms with van der Waals surface area (Å²) in [7, 11) is 0. The molecule has 5 nitrogen and oxygen atoms in total. The van der Waals surface area contributed by atoms with Gasteiger partial charge in [0.15, 0.2) is 0 Å². The van der Waals surface area contributed by atoms with Gasteiger partial charge in [-0.2, -0.15) is 0 Å². The van der Waals surface area contributed by atoms with Crippen LogP contribution in [0.1, 0.15) is 36.6 Å². The Hall–Kier alpha value is -3.44. The van der Waals surface area contributed by atoms with E-state index in [2.05, 4.69) is 5.32 Å². The molecule has 1 N–H and O–H groups in total. The topological polar surface area (TPSA) is 66.5 Å². The highest BCUT2D eigenvalue weighted by atomic mass is 35.5. The molecule has 3 amide bonds. The Morgan fingerprint density at radius 2 is 1.68 bits per heavy atom. The van der Waals surface area contributed by atoms with Crippen LogP contribution < -0.4 is 10.2 Å². The fraction of sp³-hybridized carbons (Fsp3) is 0.0455. The van der Waals surface area contributed by atoms with Crippen LogP contribution in [-0.4, -0.2) is 17.7 Å². The van der Waals surface area contributed by atoms with Crippen molar-refractivity contribution in [3.8, 4) is 0 Å². The van der Waals surface area contributed by atoms with Crippen molar-refractivity contribution in [2.75, 3.05) is 10.2 Å². The lowest BCUT2D eigenvalue weighted by molar-refractivity contribution is 0.0926. The molecule has 0 aliphatic carbocycles. The van der Waals surface area contributed by atoms with Gasteiger partial charge in [-0.1, -0.05) is 41.9 Å². The smallest absolute Gasteiger partial charge is 0.268 e. The monoisotopic (exact) mass is 390 g/mol. The molecule has 1 heterocycles. The molecule has 138 valence electrons. The predicted molar refractivity (Wildman–Crippen MR) is 108 cm³/mol. The number of rotatable bonds is 3. The standard InChI is InChI=1S/C22H15ClN2O3/c1-13-10-11-14(12-17(13)23)20(26)24-18-9-5-8-16-19(18)22(28)25(21(16)27)15-6-3-2-4-7-15/h2-12H,1H3,(H,24,26). The quantitative estimate of drug-likeness (QED) is 0.659. The molecule has 0 saturated carbocycles. The van der Waals surface area contributed by atoms with Gasteiger partial charge in [-0.15, -0.1) is 0 Å². The number of carbonyl (C=O) groups excluding carboxylic acids is 3. The van der Waals surface area contributed by atoms with E-state index in [1.807, 2.05) is 6.92 Å². The molecule has 0 unspecified atom stereocenters. The van der Waals surface area contributed by atoms with Crippen molar-refractivity contribution < 1.29 is 14.4 Å². The third-order valence-corrected chi connectivity index (χ3v) is 5.02. The second kappa shape index (κ2) is 6.94. The minimum Gasteiger partial charge on any atom is -0.321 e. The van der Waals surface area contributed by atoms with Crippen LogP contribution >= 0.6 is 11.6 Å². The summed E-state index contributed by atoms with van der Waals surface area (Å²) in [5.74, 6) is -1.29. The molecule has 0 saturated heterocycles. The average molecular weight is 391 g/mol. The maximum absolute atomic E-state index is 13.0. The number of fused-ring (bicyclic) bond motifs is 1. The molecule has 0 atom stereocenters. The molecule has 3 aromatic carbocycles. The van der Waals surface area contributed by atoms with E-state index < -0.39 is 17.7 Å². The van der Waals surface area contributed by atoms with Gasteiger partial charge in [0.05, 0.1) is 22.5 Å². The molecule has 1 aliphatic rings. The predicted octanol–water partition coefficient (Wildman–Crippen LogP) is 4.70. The Morgan fingerprint density at radius 3 is 2.39 bits per heavy atom. The lowest BCUT2D eigenvalue weighted by atomic mass is 10.1. The fourth-order valence-corrected chi connectivity index (χ4v) is 3.31. The first-order chi connectivity index (χ1) is 13.5. The van der Waals surface area contributed by atoms with Gasteiger partial charge >= 0.3 is 0 Å². The van der Waals surface area contributed by atoms with E-state index in [0.29, 0.717) is 16.3 Å². The molecule has 3 aromatic rings. The van der Waals surface area contributed by atoms with Crippen LogP contribution in [0.2, 0.25) is 5.02 Å². The number of nitrogens with one attached hydrogen (secondary N) is 1. The highest BCUT2D eigenvalue weighted by molar-refractivity contribution is 6.36. The Balaban J connectivity index is 1.69. The fourth-order valence-electron chi connectivity index (χ4n) is 3.13. The molecule has 28 heavy (non-hydrogen) atoms. The Bertz CT molecular complexity index is 1130. The third kappa shape index (κ3) is 2.96. The number of benzene rings is 3. The highest BCUT2D eigenvalue weighted by Crippen LogP contribution is 2.33. The molecular weight excluding hydrogens is 376 g/mol. The van der Waals surface area contributed by atoms with Crippen molar-refractivity contribution in [3.05, 3.63) is 94.0 Å². The highest BCUT2D eigenvalue weighted by Gasteiger charge is 2.38. The van der Waals surface area contributed by atoms with Crippen LogP contribution in [-0.2, 0) is 0 Å². The van der Waals surface area contributed by atoms with Crippen molar-refractivity contribution in [2.24, 2.45) is 0 Å². The third-order valence-electron chi connectivity index (χ3n) is 4.61. The molecule has 6 heteroatoms. The van der Waals surface area contributed by atoms with Crippen LogP contribution in [0, 0.1) is 6.92 Å². The summed E-state index contributed by atoms with van der Waals surface area (Å²) in [6.45, 7) is 1.84. The molecule has 4 rings (SSSR count). The first kappa shape index (κ1) is 17.9. The Labute approximate surface area is 166 Å². The number of nitrogens with zero attached hydrogens (tertiary/aromatic N) is 1. The number of aryl methyl sites for hydroxylation is 1. The maximum Gasteiger partial charge on any atom is 0.268 e. The van der Waals surface area contributed by atoms with Gasteiger partial charge in [0, 0.05) is 10.6 Å². The van der Waals surface area contributed by atoms with Crippen molar-refractivity contribution in [1.29, 1.82) is 0 Å². The van der Waals surface area contributed by atoms with Gasteiger partial charge in [-0.05, 0) is 48.9 Å². The van der Waals surface area contributed by atoms with E-state index in [1.54, 1.807) is 66.7 Å². The number of para-hydroxylation sites is 1. The first-order valence-corrected chi connectivity index (χ1v) is 8.99. The largest absolute Gasteiger partial charge is 0.321 e. The number of carbonyl (C=O) groups is 3. The summed E-state index contributed by atoms with van der Waals surface area (Å²) in [6.07, 6.45) is 0. The second-order valence-corrected chi connectivity index (χ2v) is 6.83. The van der Waals surface area contributed by atoms with Gasteiger partial charge in [0.25, 0.3) is 17.7 Å². The number of imide groups is 1. The molecule has 1 aliphatic heterocycles. The van der Waals surface area contributed by atoms with Crippen LogP contribution in [0.3, 0.4) is 0 Å². The van der Waals surface area contributed by atoms with Crippen LogP contribution in [0.25, 0.3) is 0 Å². The zero-order valence-corrected chi connectivity index (χ0v) is 15.7.